The highest BCUT2D eigenvalue weighted by atomic mass is 79.9. The third kappa shape index (κ3) is 5.62. The Kier molecular flexibility index (Phi) is 8.49. The number of carbonyl (C=O) groups excluding carboxylic acids is 2. The maximum Gasteiger partial charge on any atom is 0.301 e. The van der Waals surface area contributed by atoms with Crippen molar-refractivity contribution in [1.29, 1.82) is 0 Å². The SMILES string of the molecule is COc1ccc(/C(O)=C2\C(=O)C(=O)N(c3nnc(SCc4cccc5ccccc45)s3)C2c2cc(Br)c(O)c(OC)c2)cc1F. The number of aromatic hydroxyl groups is 1. The molecule has 1 atom stereocenters. The molecule has 0 aliphatic carbocycles. The lowest BCUT2D eigenvalue weighted by Crippen LogP contribution is -2.29. The number of phenolic OH excluding ortho intramolecular Hbond substituents is 1. The van der Waals surface area contributed by atoms with Crippen LogP contribution in [-0.4, -0.2) is 46.3 Å². The highest BCUT2D eigenvalue weighted by molar-refractivity contribution is 9.10. The normalized spacial score (nSPS) is 16.0. The van der Waals surface area contributed by atoms with Gasteiger partial charge in [-0.25, -0.2) is 4.39 Å². The Balaban J connectivity index is 1.42. The molecule has 0 bridgehead atoms. The van der Waals surface area contributed by atoms with Crippen LogP contribution in [0.15, 0.2) is 87.2 Å². The second kappa shape index (κ2) is 12.5. The molecular weight excluding hydrogens is 685 g/mol. The predicted molar refractivity (Wildman–Crippen MR) is 174 cm³/mol. The van der Waals surface area contributed by atoms with E-state index in [1.165, 1.54) is 50.2 Å². The fraction of sp³-hybridized carbons (Fsp3) is 0.125. The number of aliphatic hydroxyl groups is 1. The minimum atomic E-state index is -1.22. The van der Waals surface area contributed by atoms with E-state index in [1.54, 1.807) is 0 Å². The Morgan fingerprint density at radius 2 is 1.78 bits per heavy atom. The van der Waals surface area contributed by atoms with E-state index in [0.29, 0.717) is 15.7 Å². The van der Waals surface area contributed by atoms with Gasteiger partial charge in [-0.05, 0) is 68.2 Å². The first kappa shape index (κ1) is 30.6. The first-order valence-electron chi connectivity index (χ1n) is 13.4. The monoisotopic (exact) mass is 707 g/mol. The largest absolute Gasteiger partial charge is 0.507 e. The smallest absolute Gasteiger partial charge is 0.301 e. The maximum atomic E-state index is 14.6. The number of amides is 1. The number of nitrogens with zero attached hydrogens (tertiary/aromatic N) is 3. The van der Waals surface area contributed by atoms with Crippen LogP contribution in [0.5, 0.6) is 17.2 Å². The van der Waals surface area contributed by atoms with Gasteiger partial charge in [-0.15, -0.1) is 10.2 Å². The van der Waals surface area contributed by atoms with Gasteiger partial charge in [0.2, 0.25) is 5.13 Å². The van der Waals surface area contributed by atoms with Gasteiger partial charge in [0.15, 0.2) is 27.4 Å². The van der Waals surface area contributed by atoms with E-state index in [4.69, 9.17) is 9.47 Å². The van der Waals surface area contributed by atoms with E-state index < -0.39 is 29.3 Å². The summed E-state index contributed by atoms with van der Waals surface area (Å²) in [6, 6.07) is 19.5. The zero-order valence-corrected chi connectivity index (χ0v) is 26.9. The summed E-state index contributed by atoms with van der Waals surface area (Å²) in [4.78, 5) is 28.3. The van der Waals surface area contributed by atoms with E-state index in [-0.39, 0.29) is 38.0 Å². The van der Waals surface area contributed by atoms with E-state index in [9.17, 15) is 24.2 Å². The van der Waals surface area contributed by atoms with Crippen molar-refractivity contribution in [3.8, 4) is 17.2 Å². The zero-order valence-electron chi connectivity index (χ0n) is 23.7. The third-order valence-corrected chi connectivity index (χ3v) is 10.00. The zero-order chi connectivity index (χ0) is 31.8. The number of ketones is 1. The Bertz CT molecular complexity index is 2010. The lowest BCUT2D eigenvalue weighted by atomic mass is 9.95. The van der Waals surface area contributed by atoms with E-state index in [1.807, 2.05) is 36.4 Å². The van der Waals surface area contributed by atoms with Gasteiger partial charge < -0.3 is 19.7 Å². The summed E-state index contributed by atoms with van der Waals surface area (Å²) in [5.41, 5.74) is 1.07. The van der Waals surface area contributed by atoms with Crippen LogP contribution in [0.25, 0.3) is 16.5 Å². The molecule has 1 amide bonds. The number of ether oxygens (including phenoxy) is 2. The highest BCUT2D eigenvalue weighted by Crippen LogP contribution is 2.47. The molecule has 0 radical (unpaired) electrons. The summed E-state index contributed by atoms with van der Waals surface area (Å²) in [5.74, 6) is -2.93. The standard InChI is InChI=1S/C32H23BrFN3O6S2/c1-42-23-11-10-17(13-22(23)34)27(38)25-26(19-12-21(33)28(39)24(14-19)43-2)37(30(41)29(25)40)31-35-36-32(45-31)44-15-18-8-5-7-16-6-3-4-9-20(16)18/h3-14,26,38-39H,15H2,1-2H3/b27-25+. The molecule has 1 fully saturated rings. The number of hydrogen-bond donors (Lipinski definition) is 2. The number of carbonyl (C=O) groups is 2. The van der Waals surface area contributed by atoms with Crippen LogP contribution in [-0.2, 0) is 15.3 Å². The fourth-order valence-electron chi connectivity index (χ4n) is 5.14. The van der Waals surface area contributed by atoms with Crippen molar-refractivity contribution >= 4 is 72.4 Å². The molecule has 2 heterocycles. The summed E-state index contributed by atoms with van der Waals surface area (Å²) < 4.78 is 25.7. The Hall–Kier alpha value is -4.46. The van der Waals surface area contributed by atoms with Crippen molar-refractivity contribution in [2.75, 3.05) is 19.1 Å². The average molecular weight is 709 g/mol. The topological polar surface area (TPSA) is 122 Å². The summed E-state index contributed by atoms with van der Waals surface area (Å²) in [5, 5.41) is 32.7. The van der Waals surface area contributed by atoms with Crippen LogP contribution in [0, 0.1) is 5.82 Å². The molecule has 13 heteroatoms. The molecule has 1 aliphatic rings. The van der Waals surface area contributed by atoms with Crippen molar-refractivity contribution in [3.05, 3.63) is 105 Å². The minimum Gasteiger partial charge on any atom is -0.507 e. The highest BCUT2D eigenvalue weighted by Gasteiger charge is 2.49. The number of Topliss-reactive ketones (excluding diaryl/α,β-unsaturated/α-hetero) is 1. The van der Waals surface area contributed by atoms with E-state index >= 15 is 0 Å². The number of phenols is 1. The van der Waals surface area contributed by atoms with Gasteiger partial charge >= 0.3 is 5.91 Å². The van der Waals surface area contributed by atoms with Crippen molar-refractivity contribution in [3.63, 3.8) is 0 Å². The molecule has 2 N–H and O–H groups in total. The second-order valence-corrected chi connectivity index (χ2v) is 12.9. The molecular formula is C32H23BrFN3O6S2. The number of anilines is 1. The Labute approximate surface area is 273 Å². The van der Waals surface area contributed by atoms with Crippen LogP contribution in [0.3, 0.4) is 0 Å². The van der Waals surface area contributed by atoms with E-state index in [2.05, 4.69) is 32.2 Å². The van der Waals surface area contributed by atoms with Crippen molar-refractivity contribution in [1.82, 2.24) is 10.2 Å². The van der Waals surface area contributed by atoms with E-state index in [0.717, 1.165) is 38.6 Å². The van der Waals surface area contributed by atoms with Gasteiger partial charge in [0, 0.05) is 11.3 Å². The average Bonchev–Trinajstić information content (AvgIpc) is 3.62. The molecule has 1 aromatic heterocycles. The third-order valence-electron chi connectivity index (χ3n) is 7.29. The maximum absolute atomic E-state index is 14.6. The number of hydrogen-bond acceptors (Lipinski definition) is 10. The molecule has 1 aliphatic heterocycles. The fourth-order valence-corrected chi connectivity index (χ4v) is 7.47. The molecule has 6 rings (SSSR count). The summed E-state index contributed by atoms with van der Waals surface area (Å²) in [6.07, 6.45) is 0. The first-order valence-corrected chi connectivity index (χ1v) is 16.0. The van der Waals surface area contributed by atoms with Crippen LogP contribution in [0.4, 0.5) is 9.52 Å². The van der Waals surface area contributed by atoms with Gasteiger partial charge in [-0.2, -0.15) is 0 Å². The summed E-state index contributed by atoms with van der Waals surface area (Å²) >= 11 is 5.84. The van der Waals surface area contributed by atoms with Crippen molar-refractivity contribution in [2.24, 2.45) is 0 Å². The molecule has 5 aromatic rings. The molecule has 45 heavy (non-hydrogen) atoms. The summed E-state index contributed by atoms with van der Waals surface area (Å²) in [7, 11) is 2.66. The molecule has 9 nitrogen and oxygen atoms in total. The number of methoxy groups -OCH3 is 2. The molecule has 0 spiro atoms. The molecule has 1 saturated heterocycles. The quantitative estimate of drug-likeness (QED) is 0.0565. The molecule has 4 aromatic carbocycles. The van der Waals surface area contributed by atoms with Crippen LogP contribution >= 0.6 is 39.0 Å². The van der Waals surface area contributed by atoms with Gasteiger partial charge in [0.1, 0.15) is 5.76 Å². The number of fused-ring (bicyclic) bond motifs is 1. The van der Waals surface area contributed by atoms with Crippen LogP contribution < -0.4 is 14.4 Å². The van der Waals surface area contributed by atoms with Gasteiger partial charge in [0.05, 0.1) is 30.3 Å². The number of rotatable bonds is 8. The van der Waals surface area contributed by atoms with Gasteiger partial charge in [-0.3, -0.25) is 14.5 Å². The summed E-state index contributed by atoms with van der Waals surface area (Å²) in [6.45, 7) is 0. The van der Waals surface area contributed by atoms with Crippen molar-refractivity contribution in [2.45, 2.75) is 16.1 Å². The van der Waals surface area contributed by atoms with Crippen LogP contribution in [0.2, 0.25) is 0 Å². The molecule has 0 saturated carbocycles. The van der Waals surface area contributed by atoms with Crippen molar-refractivity contribution < 1.29 is 33.7 Å². The number of halogens is 2. The number of aromatic nitrogens is 2. The Morgan fingerprint density at radius 3 is 2.53 bits per heavy atom. The first-order chi connectivity index (χ1) is 21.7. The number of thioether (sulfide) groups is 1. The number of benzene rings is 4. The second-order valence-electron chi connectivity index (χ2n) is 9.85. The lowest BCUT2D eigenvalue weighted by molar-refractivity contribution is -0.132. The molecule has 228 valence electrons. The predicted octanol–water partition coefficient (Wildman–Crippen LogP) is 7.23. The van der Waals surface area contributed by atoms with Crippen LogP contribution in [0.1, 0.15) is 22.7 Å². The van der Waals surface area contributed by atoms with Gasteiger partial charge in [-0.1, -0.05) is 65.6 Å². The number of aliphatic hydroxyl groups excluding tert-OH is 1. The van der Waals surface area contributed by atoms with Gasteiger partial charge in [0.25, 0.3) is 5.78 Å². The Morgan fingerprint density at radius 1 is 1.02 bits per heavy atom. The molecule has 1 unspecified atom stereocenters. The lowest BCUT2D eigenvalue weighted by Gasteiger charge is -2.23. The minimum absolute atomic E-state index is 0.0373.